The smallest absolute Gasteiger partial charge is 0 e. The van der Waals surface area contributed by atoms with Crippen LogP contribution < -0.4 is 5.32 Å². The van der Waals surface area contributed by atoms with Gasteiger partial charge in [-0.15, -0.1) is 13.0 Å². The molecule has 1 radical (unpaired) electrons. The van der Waals surface area contributed by atoms with E-state index in [0.29, 0.717) is 0 Å². The molecule has 0 aromatic heterocycles. The molecule has 1 aliphatic heterocycles. The quantitative estimate of drug-likeness (QED) is 0.685. The fraction of sp³-hybridized carbons (Fsp3) is 0.750. The van der Waals surface area contributed by atoms with Crippen LogP contribution >= 0.6 is 0 Å². The summed E-state index contributed by atoms with van der Waals surface area (Å²) in [5, 5.41) is 3.30. The molecule has 0 saturated carbocycles. The summed E-state index contributed by atoms with van der Waals surface area (Å²) in [5.74, 6) is 0.851. The van der Waals surface area contributed by atoms with Gasteiger partial charge in [0, 0.05) is 32.7 Å². The zero-order valence-electron chi connectivity index (χ0n) is 6.47. The molecule has 1 aliphatic rings. The average molecular weight is 214 g/mol. The van der Waals surface area contributed by atoms with Crippen molar-refractivity contribution in [2.24, 2.45) is 5.92 Å². The second-order valence-electron chi connectivity index (χ2n) is 2.63. The molecule has 1 nitrogen and oxygen atoms in total. The fourth-order valence-electron chi connectivity index (χ4n) is 1.28. The first-order chi connectivity index (χ1) is 4.43. The summed E-state index contributed by atoms with van der Waals surface area (Å²) >= 11 is 0. The van der Waals surface area contributed by atoms with E-state index in [4.69, 9.17) is 0 Å². The van der Waals surface area contributed by atoms with Gasteiger partial charge in [0.2, 0.25) is 0 Å². The van der Waals surface area contributed by atoms with Crippen molar-refractivity contribution >= 4 is 0 Å². The van der Waals surface area contributed by atoms with Crippen molar-refractivity contribution in [2.75, 3.05) is 13.1 Å². The van der Waals surface area contributed by atoms with Gasteiger partial charge < -0.3 is 18.7 Å². The van der Waals surface area contributed by atoms with Gasteiger partial charge in [0.1, 0.15) is 0 Å². The van der Waals surface area contributed by atoms with Crippen LogP contribution in [0.15, 0.2) is 0 Å². The van der Waals surface area contributed by atoms with Crippen molar-refractivity contribution in [1.29, 1.82) is 0 Å². The normalized spacial score (nSPS) is 25.5. The van der Waals surface area contributed by atoms with Crippen LogP contribution in [-0.4, -0.2) is 13.1 Å². The summed E-state index contributed by atoms with van der Waals surface area (Å²) in [6, 6.07) is 0. The van der Waals surface area contributed by atoms with Crippen molar-refractivity contribution in [3.05, 3.63) is 13.3 Å². The van der Waals surface area contributed by atoms with E-state index in [1.165, 1.54) is 19.4 Å². The zero-order chi connectivity index (χ0) is 6.53. The Balaban J connectivity index is 0.000000810. The Morgan fingerprint density at radius 3 is 2.90 bits per heavy atom. The van der Waals surface area contributed by atoms with Gasteiger partial charge in [-0.2, -0.15) is 12.3 Å². The number of hydrogen-bond acceptors (Lipinski definition) is 1. The van der Waals surface area contributed by atoms with Crippen molar-refractivity contribution in [2.45, 2.75) is 19.3 Å². The molecule has 1 heterocycles. The van der Waals surface area contributed by atoms with Crippen LogP contribution in [0.1, 0.15) is 19.3 Å². The van der Waals surface area contributed by atoms with Gasteiger partial charge in [-0.1, -0.05) is 6.42 Å². The van der Waals surface area contributed by atoms with E-state index in [0.717, 1.165) is 18.9 Å². The van der Waals surface area contributed by atoms with Crippen molar-refractivity contribution in [3.63, 3.8) is 0 Å². The topological polar surface area (TPSA) is 12.0 Å². The van der Waals surface area contributed by atoms with Gasteiger partial charge in [-0.3, -0.25) is 0 Å². The summed E-state index contributed by atoms with van der Waals surface area (Å²) in [6.45, 7) is 6.14. The maximum absolute atomic E-state index is 3.84. The SMILES string of the molecule is [CH2-]CCC1[CH-]CNCC1.[Y]. The van der Waals surface area contributed by atoms with E-state index >= 15 is 0 Å². The minimum absolute atomic E-state index is 0. The maximum Gasteiger partial charge on any atom is 0 e. The molecule has 2 heteroatoms. The second kappa shape index (κ2) is 6.75. The molecule has 0 amide bonds. The zero-order valence-corrected chi connectivity index (χ0v) is 9.31. The standard InChI is InChI=1S/C8H15N.Y/c1-2-3-8-4-6-9-7-5-8;/h4,8-9H,1-3,5-7H2;/q-2;. The molecule has 1 N–H and O–H groups in total. The first kappa shape index (κ1) is 11.1. The monoisotopic (exact) mass is 214 g/mol. The molecule has 0 aromatic rings. The minimum Gasteiger partial charge on any atom is -0.346 e. The minimum atomic E-state index is 0. The van der Waals surface area contributed by atoms with Gasteiger partial charge in [-0.25, -0.2) is 0 Å². The van der Waals surface area contributed by atoms with Crippen LogP contribution in [0, 0.1) is 19.3 Å². The predicted molar refractivity (Wildman–Crippen MR) is 39.9 cm³/mol. The average Bonchev–Trinajstić information content (AvgIpc) is 1.91. The number of nitrogens with one attached hydrogen (secondary N) is 1. The van der Waals surface area contributed by atoms with E-state index in [-0.39, 0.29) is 32.7 Å². The number of piperidine rings is 1. The first-order valence-electron chi connectivity index (χ1n) is 3.77. The summed E-state index contributed by atoms with van der Waals surface area (Å²) in [6.07, 6.45) is 6.05. The van der Waals surface area contributed by atoms with E-state index in [1.807, 2.05) is 0 Å². The molecule has 0 spiro atoms. The van der Waals surface area contributed by atoms with Crippen LogP contribution in [0.2, 0.25) is 0 Å². The van der Waals surface area contributed by atoms with E-state index in [1.54, 1.807) is 0 Å². The van der Waals surface area contributed by atoms with Crippen LogP contribution in [0.3, 0.4) is 0 Å². The Labute approximate surface area is 89.2 Å². The van der Waals surface area contributed by atoms with Crippen LogP contribution in [0.25, 0.3) is 0 Å². The third kappa shape index (κ3) is 4.05. The summed E-state index contributed by atoms with van der Waals surface area (Å²) in [4.78, 5) is 0. The van der Waals surface area contributed by atoms with Gasteiger partial charge in [0.25, 0.3) is 0 Å². The van der Waals surface area contributed by atoms with Gasteiger partial charge in [0.05, 0.1) is 0 Å². The van der Waals surface area contributed by atoms with Gasteiger partial charge >= 0.3 is 0 Å². The van der Waals surface area contributed by atoms with Gasteiger partial charge in [-0.05, 0) is 6.54 Å². The summed E-state index contributed by atoms with van der Waals surface area (Å²) in [5.41, 5.74) is 0. The van der Waals surface area contributed by atoms with Crippen LogP contribution in [0.5, 0.6) is 0 Å². The molecule has 0 aliphatic carbocycles. The maximum atomic E-state index is 3.84. The predicted octanol–water partition coefficient (Wildman–Crippen LogP) is 1.41. The molecule has 0 aromatic carbocycles. The molecule has 57 valence electrons. The van der Waals surface area contributed by atoms with Crippen molar-refractivity contribution in [1.82, 2.24) is 5.32 Å². The fourth-order valence-corrected chi connectivity index (χ4v) is 1.28. The molecule has 1 atom stereocenters. The van der Waals surface area contributed by atoms with Crippen molar-refractivity contribution in [3.8, 4) is 0 Å². The molecule has 1 fully saturated rings. The Kier molecular flexibility index (Phi) is 7.47. The molecule has 1 rings (SSSR count). The van der Waals surface area contributed by atoms with Gasteiger partial charge in [0.15, 0.2) is 0 Å². The van der Waals surface area contributed by atoms with E-state index < -0.39 is 0 Å². The van der Waals surface area contributed by atoms with E-state index in [2.05, 4.69) is 18.7 Å². The Morgan fingerprint density at radius 1 is 1.60 bits per heavy atom. The molecule has 1 unspecified atom stereocenters. The van der Waals surface area contributed by atoms with Crippen LogP contribution in [-0.2, 0) is 32.7 Å². The number of rotatable bonds is 2. The molecular formula is C8H15NY-2. The first-order valence-corrected chi connectivity index (χ1v) is 3.77. The Bertz CT molecular complexity index is 66.9. The molecule has 10 heavy (non-hydrogen) atoms. The third-order valence-corrected chi connectivity index (χ3v) is 1.86. The Morgan fingerprint density at radius 2 is 2.40 bits per heavy atom. The number of hydrogen-bond donors (Lipinski definition) is 1. The molecular weight excluding hydrogens is 199 g/mol. The molecule has 1 saturated heterocycles. The third-order valence-electron chi connectivity index (χ3n) is 1.86. The summed E-state index contributed by atoms with van der Waals surface area (Å²) < 4.78 is 0. The summed E-state index contributed by atoms with van der Waals surface area (Å²) in [7, 11) is 0. The van der Waals surface area contributed by atoms with Crippen LogP contribution in [0.4, 0.5) is 0 Å². The second-order valence-corrected chi connectivity index (χ2v) is 2.63. The largest absolute Gasteiger partial charge is 0.346 e. The van der Waals surface area contributed by atoms with Crippen molar-refractivity contribution < 1.29 is 32.7 Å². The van der Waals surface area contributed by atoms with E-state index in [9.17, 15) is 0 Å². The Hall–Kier alpha value is 1.06. The molecule has 0 bridgehead atoms.